The van der Waals surface area contributed by atoms with Crippen LogP contribution in [0.5, 0.6) is 0 Å². The Labute approximate surface area is 83.2 Å². The molecule has 80 valence electrons. The number of hydrogen-bond acceptors (Lipinski definition) is 2. The molecule has 0 amide bonds. The molecule has 0 radical (unpaired) electrons. The Kier molecular flexibility index (Phi) is 7.29. The molecule has 0 fully saturated rings. The molecule has 0 aromatic carbocycles. The van der Waals surface area contributed by atoms with E-state index in [4.69, 9.17) is 5.84 Å². The fraction of sp³-hybridized carbons (Fsp3) is 1.00. The second-order valence-electron chi connectivity index (χ2n) is 4.36. The average molecular weight is 186 g/mol. The summed E-state index contributed by atoms with van der Waals surface area (Å²) in [5, 5.41) is 0. The van der Waals surface area contributed by atoms with Crippen LogP contribution in [-0.4, -0.2) is 6.04 Å². The minimum Gasteiger partial charge on any atom is -0.271 e. The summed E-state index contributed by atoms with van der Waals surface area (Å²) < 4.78 is 0. The molecule has 0 rings (SSSR count). The van der Waals surface area contributed by atoms with Gasteiger partial charge in [-0.15, -0.1) is 0 Å². The van der Waals surface area contributed by atoms with Crippen molar-refractivity contribution >= 4 is 0 Å². The fourth-order valence-corrected chi connectivity index (χ4v) is 1.54. The van der Waals surface area contributed by atoms with Crippen molar-refractivity contribution in [3.05, 3.63) is 0 Å². The van der Waals surface area contributed by atoms with Gasteiger partial charge in [0.1, 0.15) is 0 Å². The van der Waals surface area contributed by atoms with Crippen LogP contribution in [0.4, 0.5) is 0 Å². The van der Waals surface area contributed by atoms with Crippen LogP contribution >= 0.6 is 0 Å². The molecule has 2 atom stereocenters. The maximum atomic E-state index is 5.53. The molecule has 0 saturated heterocycles. The topological polar surface area (TPSA) is 38.0 Å². The number of rotatable bonds is 7. The first kappa shape index (κ1) is 12.9. The molecule has 2 heteroatoms. The van der Waals surface area contributed by atoms with Gasteiger partial charge in [-0.3, -0.25) is 11.3 Å². The van der Waals surface area contributed by atoms with Crippen LogP contribution in [0.25, 0.3) is 0 Å². The van der Waals surface area contributed by atoms with Crippen LogP contribution < -0.4 is 11.3 Å². The molecule has 0 spiro atoms. The molecular weight excluding hydrogens is 160 g/mol. The molecule has 2 nitrogen and oxygen atoms in total. The van der Waals surface area contributed by atoms with Crippen molar-refractivity contribution < 1.29 is 0 Å². The zero-order valence-electron chi connectivity index (χ0n) is 9.64. The van der Waals surface area contributed by atoms with Crippen molar-refractivity contribution in [1.82, 2.24) is 5.43 Å². The van der Waals surface area contributed by atoms with Gasteiger partial charge < -0.3 is 0 Å². The minimum atomic E-state index is 0.505. The molecule has 0 aliphatic heterocycles. The average Bonchev–Trinajstić information content (AvgIpc) is 2.16. The molecule has 0 aliphatic carbocycles. The second-order valence-corrected chi connectivity index (χ2v) is 4.36. The molecule has 0 heterocycles. The summed E-state index contributed by atoms with van der Waals surface area (Å²) in [4.78, 5) is 0. The number of hydrazine groups is 1. The van der Waals surface area contributed by atoms with Crippen LogP contribution in [0.15, 0.2) is 0 Å². The smallest absolute Gasteiger partial charge is 0.0215 e. The van der Waals surface area contributed by atoms with Gasteiger partial charge in [0.2, 0.25) is 0 Å². The molecule has 2 unspecified atom stereocenters. The van der Waals surface area contributed by atoms with Gasteiger partial charge in [0, 0.05) is 6.04 Å². The monoisotopic (exact) mass is 186 g/mol. The Hall–Kier alpha value is -0.0800. The summed E-state index contributed by atoms with van der Waals surface area (Å²) in [6.45, 7) is 9.06. The van der Waals surface area contributed by atoms with E-state index >= 15 is 0 Å². The number of nitrogens with two attached hydrogens (primary N) is 1. The van der Waals surface area contributed by atoms with E-state index in [0.29, 0.717) is 6.04 Å². The summed E-state index contributed by atoms with van der Waals surface area (Å²) >= 11 is 0. The lowest BCUT2D eigenvalue weighted by Crippen LogP contribution is -2.37. The van der Waals surface area contributed by atoms with Gasteiger partial charge >= 0.3 is 0 Å². The van der Waals surface area contributed by atoms with Crippen LogP contribution in [0.2, 0.25) is 0 Å². The normalized spacial score (nSPS) is 18.2. The Bertz CT molecular complexity index is 103. The zero-order chi connectivity index (χ0) is 10.3. The Morgan fingerprint density at radius 2 is 1.38 bits per heavy atom. The summed E-state index contributed by atoms with van der Waals surface area (Å²) in [7, 11) is 0. The van der Waals surface area contributed by atoms with Gasteiger partial charge in [-0.25, -0.2) is 0 Å². The second kappa shape index (κ2) is 7.34. The van der Waals surface area contributed by atoms with Crippen molar-refractivity contribution in [2.45, 2.75) is 59.4 Å². The first-order valence-corrected chi connectivity index (χ1v) is 5.60. The van der Waals surface area contributed by atoms with Crippen LogP contribution in [-0.2, 0) is 0 Å². The first-order valence-electron chi connectivity index (χ1n) is 5.60. The SMILES string of the molecule is CCC(C)CC(CC(C)CC)NN. The van der Waals surface area contributed by atoms with E-state index in [-0.39, 0.29) is 0 Å². The maximum Gasteiger partial charge on any atom is 0.0215 e. The van der Waals surface area contributed by atoms with Gasteiger partial charge in [0.15, 0.2) is 0 Å². The standard InChI is InChI=1S/C11H26N2/c1-5-9(3)7-11(13-12)8-10(4)6-2/h9-11,13H,5-8,12H2,1-4H3. The molecule has 0 aromatic rings. The minimum absolute atomic E-state index is 0.505. The molecule has 0 aliphatic rings. The van der Waals surface area contributed by atoms with Gasteiger partial charge in [0.25, 0.3) is 0 Å². The summed E-state index contributed by atoms with van der Waals surface area (Å²) in [5.74, 6) is 7.09. The lowest BCUT2D eigenvalue weighted by Gasteiger charge is -2.22. The van der Waals surface area contributed by atoms with Crippen molar-refractivity contribution in [2.24, 2.45) is 17.7 Å². The number of hydrogen-bond donors (Lipinski definition) is 2. The van der Waals surface area contributed by atoms with Crippen molar-refractivity contribution in [1.29, 1.82) is 0 Å². The molecule has 0 bridgehead atoms. The third-order valence-corrected chi connectivity index (χ3v) is 3.00. The number of nitrogens with one attached hydrogen (secondary N) is 1. The van der Waals surface area contributed by atoms with Gasteiger partial charge in [-0.2, -0.15) is 0 Å². The zero-order valence-corrected chi connectivity index (χ0v) is 9.64. The maximum absolute atomic E-state index is 5.53. The highest BCUT2D eigenvalue weighted by molar-refractivity contribution is 4.69. The summed E-state index contributed by atoms with van der Waals surface area (Å²) in [6.07, 6.45) is 4.91. The molecule has 0 saturated carbocycles. The van der Waals surface area contributed by atoms with Crippen molar-refractivity contribution in [3.63, 3.8) is 0 Å². The lowest BCUT2D eigenvalue weighted by molar-refractivity contribution is 0.335. The van der Waals surface area contributed by atoms with Crippen LogP contribution in [0, 0.1) is 11.8 Å². The summed E-state index contributed by atoms with van der Waals surface area (Å²) in [6, 6.07) is 0.505. The van der Waals surface area contributed by atoms with E-state index in [0.717, 1.165) is 11.8 Å². The highest BCUT2D eigenvalue weighted by Crippen LogP contribution is 2.17. The van der Waals surface area contributed by atoms with E-state index in [1.165, 1.54) is 25.7 Å². The third-order valence-electron chi connectivity index (χ3n) is 3.00. The van der Waals surface area contributed by atoms with E-state index in [2.05, 4.69) is 33.1 Å². The highest BCUT2D eigenvalue weighted by Gasteiger charge is 2.13. The predicted molar refractivity (Wildman–Crippen MR) is 59.3 cm³/mol. The highest BCUT2D eigenvalue weighted by atomic mass is 15.2. The quantitative estimate of drug-likeness (QED) is 0.474. The predicted octanol–water partition coefficient (Wildman–Crippen LogP) is 2.69. The van der Waals surface area contributed by atoms with Gasteiger partial charge in [-0.1, -0.05) is 40.5 Å². The van der Waals surface area contributed by atoms with Crippen molar-refractivity contribution in [2.75, 3.05) is 0 Å². The molecule has 0 aromatic heterocycles. The fourth-order valence-electron chi connectivity index (χ4n) is 1.54. The van der Waals surface area contributed by atoms with Crippen molar-refractivity contribution in [3.8, 4) is 0 Å². The van der Waals surface area contributed by atoms with E-state index in [1.807, 2.05) is 0 Å². The van der Waals surface area contributed by atoms with Gasteiger partial charge in [0.05, 0.1) is 0 Å². The Morgan fingerprint density at radius 1 is 1.00 bits per heavy atom. The molecular formula is C11H26N2. The van der Waals surface area contributed by atoms with Crippen LogP contribution in [0.1, 0.15) is 53.4 Å². The molecule has 13 heavy (non-hydrogen) atoms. The van der Waals surface area contributed by atoms with Gasteiger partial charge in [-0.05, 0) is 24.7 Å². The van der Waals surface area contributed by atoms with E-state index in [9.17, 15) is 0 Å². The van der Waals surface area contributed by atoms with E-state index in [1.54, 1.807) is 0 Å². The van der Waals surface area contributed by atoms with Crippen LogP contribution in [0.3, 0.4) is 0 Å². The first-order chi connectivity index (χ1) is 6.13. The third kappa shape index (κ3) is 6.05. The molecule has 3 N–H and O–H groups in total. The Morgan fingerprint density at radius 3 is 1.62 bits per heavy atom. The largest absolute Gasteiger partial charge is 0.271 e. The Balaban J connectivity index is 3.74. The van der Waals surface area contributed by atoms with E-state index < -0.39 is 0 Å². The summed E-state index contributed by atoms with van der Waals surface area (Å²) in [5.41, 5.74) is 2.93. The lowest BCUT2D eigenvalue weighted by atomic mass is 9.92.